The highest BCUT2D eigenvalue weighted by Gasteiger charge is 2.26. The van der Waals surface area contributed by atoms with Crippen LogP contribution in [0.5, 0.6) is 0 Å². The number of thioether (sulfide) groups is 1. The number of hydrogen-bond donors (Lipinski definition) is 2. The SMILES string of the molecule is C=CCSC1=NC(=N)C(=NC(=O)c2ccco2)C(=O)N1. The molecule has 0 bridgehead atoms. The summed E-state index contributed by atoms with van der Waals surface area (Å²) in [6, 6.07) is 2.95. The summed E-state index contributed by atoms with van der Waals surface area (Å²) in [4.78, 5) is 30.9. The van der Waals surface area contributed by atoms with Gasteiger partial charge in [0.15, 0.2) is 22.5 Å². The average Bonchev–Trinajstić information content (AvgIpc) is 2.94. The van der Waals surface area contributed by atoms with E-state index in [1.54, 1.807) is 6.08 Å². The van der Waals surface area contributed by atoms with E-state index in [0.717, 1.165) is 0 Å². The lowest BCUT2D eigenvalue weighted by Crippen LogP contribution is -2.43. The second kappa shape index (κ2) is 6.11. The molecule has 1 aromatic heterocycles. The lowest BCUT2D eigenvalue weighted by Gasteiger charge is -2.13. The molecule has 2 rings (SSSR count). The third kappa shape index (κ3) is 3.09. The summed E-state index contributed by atoms with van der Waals surface area (Å²) in [6.07, 6.45) is 2.97. The first-order valence-corrected chi connectivity index (χ1v) is 6.49. The molecular formula is C12H10N4O3S. The van der Waals surface area contributed by atoms with E-state index in [-0.39, 0.29) is 22.5 Å². The highest BCUT2D eigenvalue weighted by molar-refractivity contribution is 8.14. The minimum absolute atomic E-state index is 0.00564. The van der Waals surface area contributed by atoms with E-state index in [0.29, 0.717) is 5.75 Å². The minimum atomic E-state index is -0.734. The number of nitrogens with zero attached hydrogens (tertiary/aromatic N) is 2. The van der Waals surface area contributed by atoms with Crippen LogP contribution in [0.15, 0.2) is 45.5 Å². The third-order valence-corrected chi connectivity index (χ3v) is 3.03. The molecule has 2 N–H and O–H groups in total. The van der Waals surface area contributed by atoms with Gasteiger partial charge in [0.05, 0.1) is 6.26 Å². The van der Waals surface area contributed by atoms with E-state index in [9.17, 15) is 9.59 Å². The average molecular weight is 290 g/mol. The molecule has 0 aliphatic carbocycles. The Morgan fingerprint density at radius 1 is 1.65 bits per heavy atom. The topological polar surface area (TPSA) is 108 Å². The van der Waals surface area contributed by atoms with Crippen molar-refractivity contribution >= 4 is 40.3 Å². The Bertz CT molecular complexity index is 631. The van der Waals surface area contributed by atoms with E-state index in [4.69, 9.17) is 9.83 Å². The van der Waals surface area contributed by atoms with Crippen LogP contribution in [0.1, 0.15) is 10.6 Å². The second-order valence-corrected chi connectivity index (χ2v) is 4.57. The maximum Gasteiger partial charge on any atom is 0.313 e. The number of carbonyl (C=O) groups is 2. The van der Waals surface area contributed by atoms with E-state index in [2.05, 4.69) is 21.9 Å². The fraction of sp³-hybridized carbons (Fsp3) is 0.0833. The van der Waals surface area contributed by atoms with Crippen molar-refractivity contribution < 1.29 is 14.0 Å². The number of nitrogens with one attached hydrogen (secondary N) is 2. The van der Waals surface area contributed by atoms with Gasteiger partial charge in [0, 0.05) is 5.75 Å². The Hall–Kier alpha value is -2.48. The number of hydrogen-bond acceptors (Lipinski definition) is 5. The van der Waals surface area contributed by atoms with Crippen LogP contribution in [0.3, 0.4) is 0 Å². The molecule has 0 aromatic carbocycles. The molecule has 102 valence electrons. The Balaban J connectivity index is 2.19. The lowest BCUT2D eigenvalue weighted by molar-refractivity contribution is -0.113. The van der Waals surface area contributed by atoms with Crippen LogP contribution < -0.4 is 5.32 Å². The molecule has 20 heavy (non-hydrogen) atoms. The van der Waals surface area contributed by atoms with Gasteiger partial charge < -0.3 is 4.42 Å². The van der Waals surface area contributed by atoms with Gasteiger partial charge in [-0.05, 0) is 12.1 Å². The number of carbonyl (C=O) groups excluding carboxylic acids is 2. The molecule has 1 aromatic rings. The number of furan rings is 1. The molecule has 2 heterocycles. The molecule has 0 saturated heterocycles. The van der Waals surface area contributed by atoms with E-state index in [1.807, 2.05) is 0 Å². The van der Waals surface area contributed by atoms with Crippen LogP contribution in [0, 0.1) is 5.41 Å². The zero-order valence-corrected chi connectivity index (χ0v) is 11.1. The summed E-state index contributed by atoms with van der Waals surface area (Å²) in [5.41, 5.74) is -0.339. The first-order valence-electron chi connectivity index (χ1n) is 5.51. The molecule has 0 radical (unpaired) electrons. The van der Waals surface area contributed by atoms with Gasteiger partial charge in [-0.25, -0.2) is 4.99 Å². The van der Waals surface area contributed by atoms with Crippen molar-refractivity contribution in [2.24, 2.45) is 9.98 Å². The number of aliphatic imine (C=N–C) groups is 2. The number of rotatable bonds is 3. The quantitative estimate of drug-likeness (QED) is 0.816. The summed E-state index contributed by atoms with van der Waals surface area (Å²) in [6.45, 7) is 3.54. The van der Waals surface area contributed by atoms with Crippen molar-refractivity contribution in [3.8, 4) is 0 Å². The lowest BCUT2D eigenvalue weighted by atomic mass is 10.3. The summed E-state index contributed by atoms with van der Waals surface area (Å²) in [5, 5.41) is 10.4. The molecule has 0 unspecified atom stereocenters. The fourth-order valence-corrected chi connectivity index (χ4v) is 1.91. The summed E-state index contributed by atoms with van der Waals surface area (Å²) >= 11 is 1.22. The monoisotopic (exact) mass is 290 g/mol. The van der Waals surface area contributed by atoms with E-state index >= 15 is 0 Å². The number of amidine groups is 2. The first kappa shape index (κ1) is 13.9. The first-order chi connectivity index (χ1) is 9.61. The standard InChI is InChI=1S/C12H10N4O3S/c1-2-6-20-12-15-9(13)8(11(18)16-12)14-10(17)7-4-3-5-19-7/h2-5H,1,6H2,(H2,13,15,16,18). The zero-order valence-electron chi connectivity index (χ0n) is 10.3. The molecule has 1 aliphatic heterocycles. The van der Waals surface area contributed by atoms with Crippen LogP contribution in [-0.2, 0) is 4.79 Å². The van der Waals surface area contributed by atoms with Crippen molar-refractivity contribution in [3.63, 3.8) is 0 Å². The van der Waals surface area contributed by atoms with Crippen molar-refractivity contribution in [1.82, 2.24) is 5.32 Å². The highest BCUT2D eigenvalue weighted by Crippen LogP contribution is 2.08. The fourth-order valence-electron chi connectivity index (χ4n) is 1.31. The highest BCUT2D eigenvalue weighted by atomic mass is 32.2. The van der Waals surface area contributed by atoms with E-state index < -0.39 is 11.8 Å². The van der Waals surface area contributed by atoms with Gasteiger partial charge in [-0.1, -0.05) is 17.8 Å². The van der Waals surface area contributed by atoms with Crippen LogP contribution in [0.2, 0.25) is 0 Å². The molecule has 2 amide bonds. The third-order valence-electron chi connectivity index (χ3n) is 2.16. The van der Waals surface area contributed by atoms with Gasteiger partial charge in [0.2, 0.25) is 0 Å². The van der Waals surface area contributed by atoms with Crippen LogP contribution in [-0.4, -0.2) is 34.3 Å². The van der Waals surface area contributed by atoms with Crippen LogP contribution >= 0.6 is 11.8 Å². The predicted molar refractivity (Wildman–Crippen MR) is 76.4 cm³/mol. The molecule has 7 nitrogen and oxygen atoms in total. The smallest absolute Gasteiger partial charge is 0.313 e. The molecular weight excluding hydrogens is 280 g/mol. The largest absolute Gasteiger partial charge is 0.459 e. The molecule has 1 aliphatic rings. The second-order valence-electron chi connectivity index (χ2n) is 3.56. The molecule has 0 atom stereocenters. The van der Waals surface area contributed by atoms with Crippen LogP contribution in [0.4, 0.5) is 0 Å². The molecule has 0 saturated carbocycles. The van der Waals surface area contributed by atoms with Gasteiger partial charge in [0.1, 0.15) is 0 Å². The molecule has 0 fully saturated rings. The molecule has 0 spiro atoms. The maximum atomic E-state index is 11.8. The molecule has 8 heteroatoms. The zero-order chi connectivity index (χ0) is 14.5. The maximum absolute atomic E-state index is 11.8. The van der Waals surface area contributed by atoms with Gasteiger partial charge >= 0.3 is 5.91 Å². The summed E-state index contributed by atoms with van der Waals surface area (Å²) in [7, 11) is 0. The normalized spacial score (nSPS) is 16.8. The van der Waals surface area contributed by atoms with Crippen molar-refractivity contribution in [3.05, 3.63) is 36.8 Å². The van der Waals surface area contributed by atoms with Gasteiger partial charge in [-0.3, -0.25) is 20.3 Å². The Kier molecular flexibility index (Phi) is 4.26. The Morgan fingerprint density at radius 2 is 2.45 bits per heavy atom. The van der Waals surface area contributed by atoms with Gasteiger partial charge in [0.25, 0.3) is 5.91 Å². The number of amides is 2. The van der Waals surface area contributed by atoms with Crippen molar-refractivity contribution in [2.75, 3.05) is 5.75 Å². The van der Waals surface area contributed by atoms with Gasteiger partial charge in [-0.2, -0.15) is 4.99 Å². The van der Waals surface area contributed by atoms with Gasteiger partial charge in [-0.15, -0.1) is 6.58 Å². The Morgan fingerprint density at radius 3 is 3.05 bits per heavy atom. The predicted octanol–water partition coefficient (Wildman–Crippen LogP) is 1.24. The van der Waals surface area contributed by atoms with E-state index in [1.165, 1.54) is 30.2 Å². The van der Waals surface area contributed by atoms with Crippen molar-refractivity contribution in [1.29, 1.82) is 5.41 Å². The Labute approximate surface area is 118 Å². The van der Waals surface area contributed by atoms with Crippen LogP contribution in [0.25, 0.3) is 0 Å². The minimum Gasteiger partial charge on any atom is -0.459 e. The van der Waals surface area contributed by atoms with Crippen molar-refractivity contribution in [2.45, 2.75) is 0 Å². The summed E-state index contributed by atoms with van der Waals surface area (Å²) < 4.78 is 4.87. The summed E-state index contributed by atoms with van der Waals surface area (Å²) in [5.74, 6) is -1.20.